The van der Waals surface area contributed by atoms with E-state index in [9.17, 15) is 19.7 Å². The molecule has 2 aromatic rings. The molecule has 1 amide bonds. The Kier molecular flexibility index (Phi) is 4.80. The number of rotatable bonds is 5. The van der Waals surface area contributed by atoms with Gasteiger partial charge in [0.1, 0.15) is 5.00 Å². The van der Waals surface area contributed by atoms with E-state index in [1.165, 1.54) is 35.6 Å². The third-order valence-corrected chi connectivity index (χ3v) is 5.20. The smallest absolute Gasteiger partial charge is 0.412 e. The summed E-state index contributed by atoms with van der Waals surface area (Å²) in [5.41, 5.74) is 2.28. The third kappa shape index (κ3) is 3.39. The molecule has 0 spiro atoms. The maximum Gasteiger partial charge on any atom is 0.412 e. The van der Waals surface area contributed by atoms with Crippen LogP contribution in [0, 0.1) is 10.1 Å². The average Bonchev–Trinajstić information content (AvgIpc) is 3.18. The average molecular weight is 360 g/mol. The quantitative estimate of drug-likeness (QED) is 0.494. The molecule has 0 saturated heterocycles. The molecular weight excluding hydrogens is 344 g/mol. The topological polar surface area (TPSA) is 98.5 Å². The molecular formula is C17H16N2O5S. The van der Waals surface area contributed by atoms with Crippen LogP contribution in [-0.2, 0) is 17.6 Å². The Morgan fingerprint density at radius 2 is 1.92 bits per heavy atom. The van der Waals surface area contributed by atoms with Gasteiger partial charge in [-0.05, 0) is 49.4 Å². The van der Waals surface area contributed by atoms with E-state index in [2.05, 4.69) is 5.32 Å². The van der Waals surface area contributed by atoms with Gasteiger partial charge in [-0.3, -0.25) is 20.2 Å². The first-order chi connectivity index (χ1) is 12.0. The highest BCUT2D eigenvalue weighted by molar-refractivity contribution is 7.18. The third-order valence-electron chi connectivity index (χ3n) is 4.01. The minimum atomic E-state index is -0.534. The fraction of sp³-hybridized carbons (Fsp3) is 0.294. The van der Waals surface area contributed by atoms with E-state index in [-0.39, 0.29) is 18.1 Å². The molecule has 0 radical (unpaired) electrons. The number of amides is 1. The fourth-order valence-electron chi connectivity index (χ4n) is 2.88. The summed E-state index contributed by atoms with van der Waals surface area (Å²) in [6.07, 6.45) is 1.98. The van der Waals surface area contributed by atoms with Gasteiger partial charge in [0.25, 0.3) is 5.69 Å². The number of nitro groups is 1. The maximum absolute atomic E-state index is 12.8. The number of fused-ring (bicyclic) bond motifs is 1. The predicted molar refractivity (Wildman–Crippen MR) is 93.5 cm³/mol. The number of thiophene rings is 1. The molecule has 8 heteroatoms. The van der Waals surface area contributed by atoms with Crippen LogP contribution in [-0.4, -0.2) is 23.4 Å². The first-order valence-corrected chi connectivity index (χ1v) is 8.70. The van der Waals surface area contributed by atoms with Gasteiger partial charge in [0, 0.05) is 17.7 Å². The van der Waals surface area contributed by atoms with Gasteiger partial charge in [0.2, 0.25) is 5.78 Å². The summed E-state index contributed by atoms with van der Waals surface area (Å²) in [5, 5.41) is 14.1. The highest BCUT2D eigenvalue weighted by Crippen LogP contribution is 2.40. The van der Waals surface area contributed by atoms with Gasteiger partial charge < -0.3 is 4.74 Å². The van der Waals surface area contributed by atoms with Crippen molar-refractivity contribution in [2.24, 2.45) is 0 Å². The molecule has 0 unspecified atom stereocenters. The number of carbonyl (C=O) groups is 2. The van der Waals surface area contributed by atoms with Crippen LogP contribution in [0.15, 0.2) is 24.3 Å². The van der Waals surface area contributed by atoms with Crippen molar-refractivity contribution in [3.8, 4) is 0 Å². The van der Waals surface area contributed by atoms with E-state index in [1.807, 2.05) is 0 Å². The molecule has 0 atom stereocenters. The van der Waals surface area contributed by atoms with E-state index in [0.717, 1.165) is 30.4 Å². The second kappa shape index (κ2) is 7.02. The number of ketones is 1. The van der Waals surface area contributed by atoms with Crippen LogP contribution < -0.4 is 5.32 Å². The first kappa shape index (κ1) is 17.1. The van der Waals surface area contributed by atoms with Crippen molar-refractivity contribution in [2.45, 2.75) is 26.2 Å². The van der Waals surface area contributed by atoms with Crippen LogP contribution in [0.3, 0.4) is 0 Å². The number of nitrogens with zero attached hydrogens (tertiary/aromatic N) is 1. The molecule has 0 fully saturated rings. The zero-order valence-corrected chi connectivity index (χ0v) is 14.4. The van der Waals surface area contributed by atoms with Crippen molar-refractivity contribution < 1.29 is 19.2 Å². The molecule has 1 heterocycles. The molecule has 1 aromatic heterocycles. The molecule has 1 aliphatic carbocycles. The van der Waals surface area contributed by atoms with E-state index in [1.54, 1.807) is 6.92 Å². The zero-order chi connectivity index (χ0) is 18.0. The molecule has 1 aromatic carbocycles. The number of ether oxygens (including phenoxy) is 1. The van der Waals surface area contributed by atoms with E-state index < -0.39 is 11.0 Å². The van der Waals surface area contributed by atoms with Gasteiger partial charge >= 0.3 is 6.09 Å². The highest BCUT2D eigenvalue weighted by atomic mass is 32.1. The van der Waals surface area contributed by atoms with Gasteiger partial charge in [-0.1, -0.05) is 0 Å². The number of hydrogen-bond donors (Lipinski definition) is 1. The van der Waals surface area contributed by atoms with Crippen LogP contribution in [0.1, 0.15) is 39.7 Å². The van der Waals surface area contributed by atoms with E-state index >= 15 is 0 Å². The molecule has 1 aliphatic rings. The summed E-state index contributed by atoms with van der Waals surface area (Å²) in [7, 11) is 0. The summed E-state index contributed by atoms with van der Waals surface area (Å²) in [6.45, 7) is 2.00. The minimum Gasteiger partial charge on any atom is -0.450 e. The number of nitrogens with one attached hydrogen (secondary N) is 1. The lowest BCUT2D eigenvalue weighted by molar-refractivity contribution is -0.384. The summed E-state index contributed by atoms with van der Waals surface area (Å²) in [4.78, 5) is 35.3. The normalized spacial score (nSPS) is 12.5. The summed E-state index contributed by atoms with van der Waals surface area (Å²) in [5.74, 6) is -0.185. The van der Waals surface area contributed by atoms with Crippen LogP contribution in [0.4, 0.5) is 15.5 Å². The van der Waals surface area contributed by atoms with Crippen molar-refractivity contribution in [3.05, 3.63) is 55.9 Å². The van der Waals surface area contributed by atoms with Crippen molar-refractivity contribution in [1.82, 2.24) is 0 Å². The second-order valence-corrected chi connectivity index (χ2v) is 6.57. The summed E-state index contributed by atoms with van der Waals surface area (Å²) in [6, 6.07) is 5.55. The Labute approximate surface area is 147 Å². The van der Waals surface area contributed by atoms with Gasteiger partial charge in [-0.25, -0.2) is 4.79 Å². The standard InChI is InChI=1S/C17H16N2O5S/c1-2-24-17(21)18-16-13-5-3-4-12(13)15(25-16)14(20)10-6-8-11(9-7-10)19(22)23/h6-9H,2-5H2,1H3,(H,18,21). The van der Waals surface area contributed by atoms with Crippen molar-refractivity contribution >= 4 is 33.9 Å². The van der Waals surface area contributed by atoms with Gasteiger partial charge in [-0.15, -0.1) is 11.3 Å². The molecule has 0 bridgehead atoms. The molecule has 0 saturated carbocycles. The second-order valence-electron chi connectivity index (χ2n) is 5.55. The van der Waals surface area contributed by atoms with Crippen LogP contribution in [0.25, 0.3) is 0 Å². The Hall–Kier alpha value is -2.74. The van der Waals surface area contributed by atoms with Gasteiger partial charge in [0.05, 0.1) is 16.4 Å². The number of carbonyl (C=O) groups excluding carboxylic acids is 2. The van der Waals surface area contributed by atoms with Crippen molar-refractivity contribution in [1.29, 1.82) is 0 Å². The van der Waals surface area contributed by atoms with Crippen LogP contribution >= 0.6 is 11.3 Å². The summed E-state index contributed by atoms with van der Waals surface area (Å²) >= 11 is 1.23. The largest absolute Gasteiger partial charge is 0.450 e. The van der Waals surface area contributed by atoms with Crippen LogP contribution in [0.5, 0.6) is 0 Å². The maximum atomic E-state index is 12.8. The van der Waals surface area contributed by atoms with Gasteiger partial charge in [0.15, 0.2) is 0 Å². The lowest BCUT2D eigenvalue weighted by atomic mass is 10.0. The predicted octanol–water partition coefficient (Wildman–Crippen LogP) is 3.94. The molecule has 3 rings (SSSR count). The molecule has 130 valence electrons. The number of nitro benzene ring substituents is 1. The lowest BCUT2D eigenvalue weighted by Gasteiger charge is -2.04. The fourth-order valence-corrected chi connectivity index (χ4v) is 4.13. The minimum absolute atomic E-state index is 0.0578. The SMILES string of the molecule is CCOC(=O)Nc1sc(C(=O)c2ccc([N+](=O)[O-])cc2)c2c1CCC2. The first-order valence-electron chi connectivity index (χ1n) is 7.88. The monoisotopic (exact) mass is 360 g/mol. The Balaban J connectivity index is 1.90. The summed E-state index contributed by atoms with van der Waals surface area (Å²) < 4.78 is 4.90. The van der Waals surface area contributed by atoms with E-state index in [0.29, 0.717) is 15.4 Å². The number of anilines is 1. The Morgan fingerprint density at radius 3 is 2.56 bits per heavy atom. The van der Waals surface area contributed by atoms with Crippen molar-refractivity contribution in [3.63, 3.8) is 0 Å². The molecule has 0 aliphatic heterocycles. The zero-order valence-electron chi connectivity index (χ0n) is 13.5. The van der Waals surface area contributed by atoms with Crippen molar-refractivity contribution in [2.75, 3.05) is 11.9 Å². The Bertz CT molecular complexity index is 841. The number of non-ortho nitro benzene ring substituents is 1. The van der Waals surface area contributed by atoms with Gasteiger partial charge in [-0.2, -0.15) is 0 Å². The van der Waals surface area contributed by atoms with Crippen LogP contribution in [0.2, 0.25) is 0 Å². The molecule has 1 N–H and O–H groups in total. The molecule has 25 heavy (non-hydrogen) atoms. The highest BCUT2D eigenvalue weighted by Gasteiger charge is 2.27. The number of benzene rings is 1. The molecule has 7 nitrogen and oxygen atoms in total. The van der Waals surface area contributed by atoms with E-state index in [4.69, 9.17) is 4.74 Å². The Morgan fingerprint density at radius 1 is 1.24 bits per heavy atom. The number of hydrogen-bond acceptors (Lipinski definition) is 6. The lowest BCUT2D eigenvalue weighted by Crippen LogP contribution is -2.13.